The molecule has 2 heterocycles. The Bertz CT molecular complexity index is 1100. The van der Waals surface area contributed by atoms with E-state index >= 15 is 0 Å². The first-order chi connectivity index (χ1) is 15.2. The molecule has 8 heteroatoms. The number of rotatable bonds is 4. The zero-order valence-corrected chi connectivity index (χ0v) is 20.6. The largest absolute Gasteiger partial charge is 0.495 e. The molecule has 0 bridgehead atoms. The van der Waals surface area contributed by atoms with Crippen LogP contribution in [0.2, 0.25) is 0 Å². The fourth-order valence-electron chi connectivity index (χ4n) is 4.27. The number of aryl methyl sites for hydroxylation is 1. The maximum Gasteiger partial charge on any atom is 0.495 e. The molecule has 2 aromatic rings. The second kappa shape index (κ2) is 7.74. The van der Waals surface area contributed by atoms with Gasteiger partial charge in [-0.15, -0.1) is 0 Å². The molecule has 176 valence electrons. The van der Waals surface area contributed by atoms with Crippen LogP contribution in [0.5, 0.6) is 5.75 Å². The van der Waals surface area contributed by atoms with Crippen LogP contribution in [-0.4, -0.2) is 36.8 Å². The maximum atomic E-state index is 13.9. The number of nitrogens with one attached hydrogen (secondary N) is 1. The van der Waals surface area contributed by atoms with Crippen LogP contribution >= 0.6 is 0 Å². The molecule has 1 amide bonds. The van der Waals surface area contributed by atoms with Crippen molar-refractivity contribution in [1.29, 1.82) is 0 Å². The van der Waals surface area contributed by atoms with Crippen LogP contribution in [0.1, 0.15) is 52.7 Å². The van der Waals surface area contributed by atoms with E-state index in [4.69, 9.17) is 14.0 Å². The first kappa shape index (κ1) is 23.6. The zero-order valence-electron chi connectivity index (χ0n) is 20.6. The fourth-order valence-corrected chi connectivity index (χ4v) is 4.27. The Kier molecular flexibility index (Phi) is 5.53. The highest BCUT2D eigenvalue weighted by atomic mass is 19.1. The molecule has 2 aliphatic rings. The van der Waals surface area contributed by atoms with Crippen molar-refractivity contribution in [3.8, 4) is 5.75 Å². The second-order valence-electron chi connectivity index (χ2n) is 10.4. The van der Waals surface area contributed by atoms with E-state index in [1.54, 1.807) is 18.0 Å². The summed E-state index contributed by atoms with van der Waals surface area (Å²) in [5.41, 5.74) is 2.10. The van der Waals surface area contributed by atoms with Crippen molar-refractivity contribution < 1.29 is 23.2 Å². The van der Waals surface area contributed by atoms with Crippen LogP contribution in [0.4, 0.5) is 15.8 Å². The molecule has 1 fully saturated rings. The molecule has 0 saturated carbocycles. The third-order valence-corrected chi connectivity index (χ3v) is 6.97. The lowest BCUT2D eigenvalue weighted by atomic mass is 9.74. The summed E-state index contributed by atoms with van der Waals surface area (Å²) < 4.78 is 32.6. The minimum atomic E-state index is -0.745. The number of nitrogens with zero attached hydrogens (tertiary/aromatic N) is 1. The van der Waals surface area contributed by atoms with Crippen molar-refractivity contribution >= 4 is 29.9 Å². The molecule has 0 unspecified atom stereocenters. The SMILES string of the molecule is Cc1ccc(F)cc1OCc1c(B2OC(C)(C)C(C)(C)O2)ccc2c1N(C)C(=O)C(C)(C)N2. The van der Waals surface area contributed by atoms with Crippen molar-refractivity contribution in [2.75, 3.05) is 17.3 Å². The third-order valence-electron chi connectivity index (χ3n) is 6.97. The van der Waals surface area contributed by atoms with Gasteiger partial charge in [-0.3, -0.25) is 4.79 Å². The number of fused-ring (bicyclic) bond motifs is 1. The van der Waals surface area contributed by atoms with E-state index in [1.165, 1.54) is 12.1 Å². The number of carbonyl (C=O) groups excluding carboxylic acids is 1. The molecule has 1 saturated heterocycles. The smallest absolute Gasteiger partial charge is 0.488 e. The van der Waals surface area contributed by atoms with Crippen molar-refractivity contribution in [3.05, 3.63) is 47.3 Å². The molecular formula is C25H32BFN2O4. The average molecular weight is 454 g/mol. The molecule has 2 aromatic carbocycles. The lowest BCUT2D eigenvalue weighted by Crippen LogP contribution is -2.53. The van der Waals surface area contributed by atoms with E-state index in [1.807, 2.05) is 60.6 Å². The van der Waals surface area contributed by atoms with Gasteiger partial charge in [-0.2, -0.15) is 0 Å². The number of likely N-dealkylation sites (N-methyl/N-ethyl adjacent to an activating group) is 1. The number of hydrogen-bond acceptors (Lipinski definition) is 5. The summed E-state index contributed by atoms with van der Waals surface area (Å²) in [6, 6.07) is 8.35. The summed E-state index contributed by atoms with van der Waals surface area (Å²) in [6.45, 7) is 13.7. The minimum absolute atomic E-state index is 0.0655. The molecule has 0 aromatic heterocycles. The summed E-state index contributed by atoms with van der Waals surface area (Å²) in [6.07, 6.45) is 0. The Morgan fingerprint density at radius 3 is 2.33 bits per heavy atom. The number of ether oxygens (including phenoxy) is 1. The Hall–Kier alpha value is -2.58. The number of carbonyl (C=O) groups is 1. The van der Waals surface area contributed by atoms with Gasteiger partial charge in [0.2, 0.25) is 0 Å². The van der Waals surface area contributed by atoms with Crippen molar-refractivity contribution in [3.63, 3.8) is 0 Å². The highest BCUT2D eigenvalue weighted by Gasteiger charge is 2.53. The van der Waals surface area contributed by atoms with Gasteiger partial charge in [0, 0.05) is 18.7 Å². The van der Waals surface area contributed by atoms with Gasteiger partial charge in [0.25, 0.3) is 5.91 Å². The number of amides is 1. The van der Waals surface area contributed by atoms with E-state index in [0.717, 1.165) is 22.3 Å². The van der Waals surface area contributed by atoms with Crippen molar-refractivity contribution in [1.82, 2.24) is 0 Å². The Labute approximate surface area is 195 Å². The summed E-state index contributed by atoms with van der Waals surface area (Å²) in [5, 5.41) is 3.34. The predicted molar refractivity (Wildman–Crippen MR) is 129 cm³/mol. The number of halogens is 1. The van der Waals surface area contributed by atoms with Crippen LogP contribution in [0.25, 0.3) is 0 Å². The summed E-state index contributed by atoms with van der Waals surface area (Å²) in [4.78, 5) is 14.7. The second-order valence-corrected chi connectivity index (χ2v) is 10.4. The van der Waals surface area contributed by atoms with Gasteiger partial charge in [0.15, 0.2) is 0 Å². The van der Waals surface area contributed by atoms with Crippen LogP contribution in [0.15, 0.2) is 30.3 Å². The van der Waals surface area contributed by atoms with Gasteiger partial charge in [0.1, 0.15) is 23.7 Å². The molecule has 1 N–H and O–H groups in total. The lowest BCUT2D eigenvalue weighted by molar-refractivity contribution is -0.121. The van der Waals surface area contributed by atoms with Crippen LogP contribution in [-0.2, 0) is 20.7 Å². The van der Waals surface area contributed by atoms with Crippen LogP contribution in [0.3, 0.4) is 0 Å². The zero-order chi connectivity index (χ0) is 24.3. The summed E-state index contributed by atoms with van der Waals surface area (Å²) in [5.74, 6) is 0.0161. The van der Waals surface area contributed by atoms with Gasteiger partial charge in [0.05, 0.1) is 22.6 Å². The monoisotopic (exact) mass is 454 g/mol. The van der Waals surface area contributed by atoms with E-state index in [2.05, 4.69) is 5.32 Å². The van der Waals surface area contributed by atoms with Gasteiger partial charge in [-0.05, 0) is 71.6 Å². The third kappa shape index (κ3) is 4.00. The van der Waals surface area contributed by atoms with Crippen LogP contribution in [0, 0.1) is 12.7 Å². The molecule has 6 nitrogen and oxygen atoms in total. The molecule has 0 radical (unpaired) electrons. The Morgan fingerprint density at radius 1 is 1.06 bits per heavy atom. The molecule has 0 atom stereocenters. The number of anilines is 2. The molecule has 33 heavy (non-hydrogen) atoms. The molecule has 0 spiro atoms. The first-order valence-electron chi connectivity index (χ1n) is 11.2. The van der Waals surface area contributed by atoms with E-state index in [9.17, 15) is 9.18 Å². The fraction of sp³-hybridized carbons (Fsp3) is 0.480. The quantitative estimate of drug-likeness (QED) is 0.703. The highest BCUT2D eigenvalue weighted by molar-refractivity contribution is 6.63. The normalized spacial score (nSPS) is 20.5. The van der Waals surface area contributed by atoms with Gasteiger partial charge in [-0.25, -0.2) is 4.39 Å². The van der Waals surface area contributed by atoms with E-state index < -0.39 is 23.9 Å². The first-order valence-corrected chi connectivity index (χ1v) is 11.2. The topological polar surface area (TPSA) is 60.0 Å². The highest BCUT2D eigenvalue weighted by Crippen LogP contribution is 2.40. The van der Waals surface area contributed by atoms with Crippen molar-refractivity contribution in [2.45, 2.75) is 71.8 Å². The van der Waals surface area contributed by atoms with E-state index in [-0.39, 0.29) is 18.3 Å². The Morgan fingerprint density at radius 2 is 1.70 bits per heavy atom. The minimum Gasteiger partial charge on any atom is -0.488 e. The van der Waals surface area contributed by atoms with Crippen molar-refractivity contribution in [2.24, 2.45) is 0 Å². The standard InChI is InChI=1S/C25H32BFN2O4/c1-15-9-10-16(27)13-20(15)31-14-17-18(26-32-24(4,5)25(6,7)33-26)11-12-19-21(17)29(8)22(30)23(2,3)28-19/h9-13,28H,14H2,1-8H3. The van der Waals surface area contributed by atoms with Gasteiger partial charge >= 0.3 is 7.12 Å². The number of benzene rings is 2. The van der Waals surface area contributed by atoms with Crippen LogP contribution < -0.4 is 20.4 Å². The summed E-state index contributed by atoms with van der Waals surface area (Å²) in [7, 11) is 1.13. The van der Waals surface area contributed by atoms with E-state index in [0.29, 0.717) is 11.4 Å². The molecular weight excluding hydrogens is 422 g/mol. The maximum absolute atomic E-state index is 13.9. The van der Waals surface area contributed by atoms with Gasteiger partial charge in [-0.1, -0.05) is 12.1 Å². The Balaban J connectivity index is 1.81. The molecule has 4 rings (SSSR count). The molecule has 2 aliphatic heterocycles. The predicted octanol–water partition coefficient (Wildman–Crippen LogP) is 4.18. The van der Waals surface area contributed by atoms with Gasteiger partial charge < -0.3 is 24.3 Å². The lowest BCUT2D eigenvalue weighted by Gasteiger charge is -2.39. The number of hydrogen-bond donors (Lipinski definition) is 1. The average Bonchev–Trinajstić information content (AvgIpc) is 2.93. The molecule has 0 aliphatic carbocycles. The summed E-state index contributed by atoms with van der Waals surface area (Å²) >= 11 is 0.